The van der Waals surface area contributed by atoms with Crippen molar-refractivity contribution in [1.82, 2.24) is 0 Å². The minimum absolute atomic E-state index is 0.0138. The van der Waals surface area contributed by atoms with Gasteiger partial charge in [-0.3, -0.25) is 0 Å². The van der Waals surface area contributed by atoms with Crippen LogP contribution >= 0.6 is 11.3 Å². The second-order valence-corrected chi connectivity index (χ2v) is 12.5. The highest BCUT2D eigenvalue weighted by molar-refractivity contribution is 7.23. The summed E-state index contributed by atoms with van der Waals surface area (Å²) in [6.07, 6.45) is 0. The minimum atomic E-state index is -0.0138. The fourth-order valence-electron chi connectivity index (χ4n) is 6.52. The van der Waals surface area contributed by atoms with Crippen LogP contribution in [0.15, 0.2) is 133 Å². The van der Waals surface area contributed by atoms with Crippen molar-refractivity contribution >= 4 is 32.2 Å². The molecule has 6 aromatic carbocycles. The van der Waals surface area contributed by atoms with Crippen LogP contribution in [0.5, 0.6) is 0 Å². The molecule has 0 bridgehead atoms. The molecule has 40 heavy (non-hydrogen) atoms. The maximum atomic E-state index is 2.41. The van der Waals surface area contributed by atoms with E-state index in [1.165, 1.54) is 75.8 Å². The largest absolute Gasteiger partial charge is 0.135 e. The lowest BCUT2D eigenvalue weighted by atomic mass is 9.82. The van der Waals surface area contributed by atoms with E-state index >= 15 is 0 Å². The molecule has 0 atom stereocenters. The molecule has 1 aliphatic carbocycles. The first-order valence-corrected chi connectivity index (χ1v) is 14.7. The van der Waals surface area contributed by atoms with Crippen LogP contribution in [0.2, 0.25) is 0 Å². The fourth-order valence-corrected chi connectivity index (χ4v) is 7.71. The normalized spacial score (nSPS) is 13.4. The second-order valence-electron chi connectivity index (χ2n) is 11.4. The molecule has 0 N–H and O–H groups in total. The van der Waals surface area contributed by atoms with E-state index in [9.17, 15) is 0 Å². The maximum Gasteiger partial charge on any atom is 0.0427 e. The number of thiophene rings is 1. The molecule has 190 valence electrons. The zero-order valence-corrected chi connectivity index (χ0v) is 23.4. The summed E-state index contributed by atoms with van der Waals surface area (Å²) in [5, 5.41) is 3.95. The summed E-state index contributed by atoms with van der Waals surface area (Å²) in [6.45, 7) is 4.70. The SMILES string of the molecule is CC1(C)c2ccc(-c3ccccc3)cc2-c2cc(-c3cccc(-c4cc5ccc6ccccc6c5s4)c3)ccc21. The summed E-state index contributed by atoms with van der Waals surface area (Å²) in [6, 6.07) is 49.3. The summed E-state index contributed by atoms with van der Waals surface area (Å²) >= 11 is 1.89. The summed E-state index contributed by atoms with van der Waals surface area (Å²) < 4.78 is 1.36. The van der Waals surface area contributed by atoms with E-state index in [4.69, 9.17) is 0 Å². The summed E-state index contributed by atoms with van der Waals surface area (Å²) in [5.41, 5.74) is 11.8. The van der Waals surface area contributed by atoms with Crippen molar-refractivity contribution in [2.24, 2.45) is 0 Å². The van der Waals surface area contributed by atoms with Crippen molar-refractivity contribution in [3.63, 3.8) is 0 Å². The molecular weight excluding hydrogens is 500 g/mol. The first-order valence-electron chi connectivity index (χ1n) is 13.9. The van der Waals surface area contributed by atoms with Crippen LogP contribution in [0, 0.1) is 0 Å². The zero-order valence-electron chi connectivity index (χ0n) is 22.6. The lowest BCUT2D eigenvalue weighted by molar-refractivity contribution is 0.660. The summed E-state index contributed by atoms with van der Waals surface area (Å²) in [7, 11) is 0. The third-order valence-corrected chi connectivity index (χ3v) is 9.91. The average Bonchev–Trinajstić information content (AvgIpc) is 3.55. The third kappa shape index (κ3) is 3.58. The highest BCUT2D eigenvalue weighted by Crippen LogP contribution is 2.50. The van der Waals surface area contributed by atoms with Crippen molar-refractivity contribution in [3.05, 3.63) is 145 Å². The molecular formula is C39H28S. The lowest BCUT2D eigenvalue weighted by Crippen LogP contribution is -2.14. The van der Waals surface area contributed by atoms with Crippen LogP contribution in [0.25, 0.3) is 64.7 Å². The number of rotatable bonds is 3. The Balaban J connectivity index is 1.23. The van der Waals surface area contributed by atoms with E-state index in [2.05, 4.69) is 147 Å². The van der Waals surface area contributed by atoms with Gasteiger partial charge in [-0.1, -0.05) is 123 Å². The molecule has 1 heteroatoms. The lowest BCUT2D eigenvalue weighted by Gasteiger charge is -2.21. The Hall–Kier alpha value is -4.46. The van der Waals surface area contributed by atoms with Crippen LogP contribution in [0.1, 0.15) is 25.0 Å². The van der Waals surface area contributed by atoms with Crippen LogP contribution in [-0.4, -0.2) is 0 Å². The highest BCUT2D eigenvalue weighted by Gasteiger charge is 2.35. The molecule has 0 unspecified atom stereocenters. The van der Waals surface area contributed by atoms with E-state index in [-0.39, 0.29) is 5.41 Å². The Bertz CT molecular complexity index is 2070. The number of hydrogen-bond acceptors (Lipinski definition) is 1. The quantitative estimate of drug-likeness (QED) is 0.214. The van der Waals surface area contributed by atoms with Crippen molar-refractivity contribution < 1.29 is 0 Å². The number of fused-ring (bicyclic) bond motifs is 6. The first kappa shape index (κ1) is 23.4. The van der Waals surface area contributed by atoms with Gasteiger partial charge in [0, 0.05) is 15.0 Å². The molecule has 0 saturated heterocycles. The highest BCUT2D eigenvalue weighted by atomic mass is 32.1. The molecule has 0 nitrogen and oxygen atoms in total. The summed E-state index contributed by atoms with van der Waals surface area (Å²) in [4.78, 5) is 1.31. The van der Waals surface area contributed by atoms with Gasteiger partial charge in [0.2, 0.25) is 0 Å². The smallest absolute Gasteiger partial charge is 0.0427 e. The van der Waals surface area contributed by atoms with Gasteiger partial charge >= 0.3 is 0 Å². The number of hydrogen-bond donors (Lipinski definition) is 0. The van der Waals surface area contributed by atoms with Crippen LogP contribution in [0.3, 0.4) is 0 Å². The van der Waals surface area contributed by atoms with Crippen molar-refractivity contribution in [3.8, 4) is 43.8 Å². The van der Waals surface area contributed by atoms with E-state index in [1.807, 2.05) is 11.3 Å². The molecule has 7 aromatic rings. The number of benzene rings is 6. The topological polar surface area (TPSA) is 0 Å². The molecule has 0 saturated carbocycles. The van der Waals surface area contributed by atoms with Gasteiger partial charge in [-0.25, -0.2) is 0 Å². The van der Waals surface area contributed by atoms with E-state index in [1.54, 1.807) is 0 Å². The van der Waals surface area contributed by atoms with Gasteiger partial charge in [0.25, 0.3) is 0 Å². The van der Waals surface area contributed by atoms with E-state index < -0.39 is 0 Å². The predicted octanol–water partition coefficient (Wildman–Crippen LogP) is 11.4. The molecule has 1 aromatic heterocycles. The summed E-state index contributed by atoms with van der Waals surface area (Å²) in [5.74, 6) is 0. The Kier molecular flexibility index (Phi) is 5.14. The van der Waals surface area contributed by atoms with Gasteiger partial charge in [-0.15, -0.1) is 11.3 Å². The maximum absolute atomic E-state index is 2.41. The predicted molar refractivity (Wildman–Crippen MR) is 173 cm³/mol. The first-order chi connectivity index (χ1) is 19.6. The van der Waals surface area contributed by atoms with Crippen LogP contribution in [0.4, 0.5) is 0 Å². The van der Waals surface area contributed by atoms with Gasteiger partial charge in [-0.2, -0.15) is 0 Å². The molecule has 1 heterocycles. The molecule has 0 amide bonds. The monoisotopic (exact) mass is 528 g/mol. The van der Waals surface area contributed by atoms with Crippen LogP contribution in [-0.2, 0) is 5.41 Å². The van der Waals surface area contributed by atoms with Crippen molar-refractivity contribution in [2.45, 2.75) is 19.3 Å². The van der Waals surface area contributed by atoms with Crippen molar-refractivity contribution in [1.29, 1.82) is 0 Å². The Morgan fingerprint density at radius 3 is 1.82 bits per heavy atom. The molecule has 0 fully saturated rings. The minimum Gasteiger partial charge on any atom is -0.135 e. The van der Waals surface area contributed by atoms with Gasteiger partial charge < -0.3 is 0 Å². The van der Waals surface area contributed by atoms with Gasteiger partial charge in [0.05, 0.1) is 0 Å². The molecule has 0 spiro atoms. The van der Waals surface area contributed by atoms with Gasteiger partial charge in [0.1, 0.15) is 0 Å². The Morgan fingerprint density at radius 2 is 1.05 bits per heavy atom. The second kappa shape index (κ2) is 8.78. The van der Waals surface area contributed by atoms with Gasteiger partial charge in [-0.05, 0) is 90.5 Å². The third-order valence-electron chi connectivity index (χ3n) is 8.67. The molecule has 8 rings (SSSR count). The van der Waals surface area contributed by atoms with E-state index in [0.717, 1.165) is 0 Å². The Morgan fingerprint density at radius 1 is 0.450 bits per heavy atom. The Labute approximate surface area is 239 Å². The van der Waals surface area contributed by atoms with Gasteiger partial charge in [0.15, 0.2) is 0 Å². The van der Waals surface area contributed by atoms with Crippen LogP contribution < -0.4 is 0 Å². The molecule has 1 aliphatic rings. The molecule has 0 radical (unpaired) electrons. The zero-order chi connectivity index (χ0) is 26.8. The van der Waals surface area contributed by atoms with E-state index in [0.29, 0.717) is 0 Å². The average molecular weight is 529 g/mol. The standard InChI is InChI=1S/C39H28S/c1-39(2)35-19-17-28(25-9-4-3-5-10-25)22-33(35)34-23-29(18-20-36(34)39)27-12-8-13-30(21-27)37-24-31-16-15-26-11-6-7-14-32(26)38(31)40-37/h3-24H,1-2H3. The fraction of sp³-hybridized carbons (Fsp3) is 0.0769. The van der Waals surface area contributed by atoms with Crippen molar-refractivity contribution in [2.75, 3.05) is 0 Å². The molecule has 0 aliphatic heterocycles.